The largest absolute Gasteiger partial charge is 0.347 e. The second-order valence-corrected chi connectivity index (χ2v) is 5.45. The number of rotatable bonds is 6. The molecule has 1 aromatic carbocycles. The first kappa shape index (κ1) is 14.1. The molecule has 0 unspecified atom stereocenters. The average molecular weight is 260 g/mol. The van der Waals surface area contributed by atoms with Gasteiger partial charge in [-0.3, -0.25) is 4.79 Å². The van der Waals surface area contributed by atoms with Crippen molar-refractivity contribution in [3.63, 3.8) is 0 Å². The summed E-state index contributed by atoms with van der Waals surface area (Å²) in [7, 11) is 1.93. The summed E-state index contributed by atoms with van der Waals surface area (Å²) in [5.74, 6) is 0.0910. The number of amides is 1. The first-order chi connectivity index (χ1) is 9.21. The molecule has 0 bridgehead atoms. The van der Waals surface area contributed by atoms with E-state index in [2.05, 4.69) is 17.6 Å². The minimum absolute atomic E-state index is 0.0627. The van der Waals surface area contributed by atoms with Gasteiger partial charge in [0.2, 0.25) is 0 Å². The number of carbonyl (C=O) groups excluding carboxylic acids is 1. The van der Waals surface area contributed by atoms with Crippen LogP contribution in [-0.2, 0) is 6.42 Å². The summed E-state index contributed by atoms with van der Waals surface area (Å²) in [4.78, 5) is 12.5. The van der Waals surface area contributed by atoms with E-state index in [0.29, 0.717) is 0 Å². The molecule has 0 aromatic heterocycles. The SMILES string of the molecule is CCC1(NC(=O)c2ccccc2CCNC)CCC1. The van der Waals surface area contributed by atoms with E-state index in [0.717, 1.165) is 43.4 Å². The summed E-state index contributed by atoms with van der Waals surface area (Å²) in [6, 6.07) is 7.92. The molecule has 0 aliphatic heterocycles. The van der Waals surface area contributed by atoms with Crippen LogP contribution in [0.15, 0.2) is 24.3 Å². The van der Waals surface area contributed by atoms with Crippen molar-refractivity contribution in [1.29, 1.82) is 0 Å². The molecule has 104 valence electrons. The fourth-order valence-corrected chi connectivity index (χ4v) is 2.70. The Balaban J connectivity index is 2.10. The monoisotopic (exact) mass is 260 g/mol. The molecule has 2 N–H and O–H groups in total. The van der Waals surface area contributed by atoms with Gasteiger partial charge in [-0.2, -0.15) is 0 Å². The van der Waals surface area contributed by atoms with Gasteiger partial charge in [-0.05, 0) is 57.3 Å². The molecule has 19 heavy (non-hydrogen) atoms. The number of hydrogen-bond donors (Lipinski definition) is 2. The van der Waals surface area contributed by atoms with Gasteiger partial charge in [-0.15, -0.1) is 0 Å². The maximum Gasteiger partial charge on any atom is 0.251 e. The average Bonchev–Trinajstić information content (AvgIpc) is 2.40. The molecule has 0 heterocycles. The highest BCUT2D eigenvalue weighted by molar-refractivity contribution is 5.96. The van der Waals surface area contributed by atoms with Crippen LogP contribution in [0.3, 0.4) is 0 Å². The zero-order chi connectivity index (χ0) is 13.7. The van der Waals surface area contributed by atoms with Gasteiger partial charge in [-0.25, -0.2) is 0 Å². The van der Waals surface area contributed by atoms with Gasteiger partial charge >= 0.3 is 0 Å². The molecule has 1 fully saturated rings. The van der Waals surface area contributed by atoms with Gasteiger partial charge in [0.25, 0.3) is 5.91 Å². The number of hydrogen-bond acceptors (Lipinski definition) is 2. The van der Waals surface area contributed by atoms with Crippen LogP contribution in [0.5, 0.6) is 0 Å². The molecule has 3 nitrogen and oxygen atoms in total. The maximum atomic E-state index is 12.5. The highest BCUT2D eigenvalue weighted by atomic mass is 16.1. The van der Waals surface area contributed by atoms with Gasteiger partial charge in [-0.1, -0.05) is 25.1 Å². The number of likely N-dealkylation sites (N-methyl/N-ethyl adjacent to an activating group) is 1. The molecule has 1 aliphatic carbocycles. The lowest BCUT2D eigenvalue weighted by atomic mass is 9.74. The molecule has 1 aromatic rings. The van der Waals surface area contributed by atoms with Gasteiger partial charge in [0.1, 0.15) is 0 Å². The van der Waals surface area contributed by atoms with E-state index in [4.69, 9.17) is 0 Å². The lowest BCUT2D eigenvalue weighted by molar-refractivity contribution is 0.0819. The summed E-state index contributed by atoms with van der Waals surface area (Å²) < 4.78 is 0. The van der Waals surface area contributed by atoms with E-state index in [1.165, 1.54) is 6.42 Å². The molecule has 2 rings (SSSR count). The van der Waals surface area contributed by atoms with Gasteiger partial charge in [0.05, 0.1) is 0 Å². The van der Waals surface area contributed by atoms with Crippen molar-refractivity contribution in [2.24, 2.45) is 0 Å². The smallest absolute Gasteiger partial charge is 0.251 e. The molecule has 1 saturated carbocycles. The Hall–Kier alpha value is -1.35. The van der Waals surface area contributed by atoms with Gasteiger partial charge in [0, 0.05) is 11.1 Å². The molecular weight excluding hydrogens is 236 g/mol. The van der Waals surface area contributed by atoms with Crippen LogP contribution in [-0.4, -0.2) is 25.0 Å². The van der Waals surface area contributed by atoms with Crippen LogP contribution >= 0.6 is 0 Å². The van der Waals surface area contributed by atoms with Crippen molar-refractivity contribution < 1.29 is 4.79 Å². The second kappa shape index (κ2) is 6.20. The Bertz CT molecular complexity index is 433. The van der Waals surface area contributed by atoms with Crippen molar-refractivity contribution in [3.8, 4) is 0 Å². The third-order valence-electron chi connectivity index (χ3n) is 4.27. The molecule has 1 aliphatic rings. The summed E-state index contributed by atoms with van der Waals surface area (Å²) in [6.45, 7) is 3.05. The Kier molecular flexibility index (Phi) is 4.59. The molecule has 0 radical (unpaired) electrons. The molecule has 0 spiro atoms. The van der Waals surface area contributed by atoms with Crippen molar-refractivity contribution in [3.05, 3.63) is 35.4 Å². The van der Waals surface area contributed by atoms with Crippen LogP contribution in [0, 0.1) is 0 Å². The highest BCUT2D eigenvalue weighted by Crippen LogP contribution is 2.34. The first-order valence-corrected chi connectivity index (χ1v) is 7.26. The van der Waals surface area contributed by atoms with E-state index < -0.39 is 0 Å². The quantitative estimate of drug-likeness (QED) is 0.825. The van der Waals surface area contributed by atoms with Crippen LogP contribution in [0.4, 0.5) is 0 Å². The first-order valence-electron chi connectivity index (χ1n) is 7.26. The third kappa shape index (κ3) is 3.16. The summed E-state index contributed by atoms with van der Waals surface area (Å²) >= 11 is 0. The van der Waals surface area contributed by atoms with Gasteiger partial charge < -0.3 is 10.6 Å². The Labute approximate surface area is 115 Å². The van der Waals surface area contributed by atoms with Crippen LogP contribution in [0.2, 0.25) is 0 Å². The van der Waals surface area contributed by atoms with E-state index in [9.17, 15) is 4.79 Å². The number of benzene rings is 1. The van der Waals surface area contributed by atoms with E-state index in [1.807, 2.05) is 31.3 Å². The molecule has 3 heteroatoms. The Morgan fingerprint density at radius 2 is 2.05 bits per heavy atom. The summed E-state index contributed by atoms with van der Waals surface area (Å²) in [6.07, 6.45) is 5.38. The fourth-order valence-electron chi connectivity index (χ4n) is 2.70. The zero-order valence-corrected chi connectivity index (χ0v) is 12.0. The predicted molar refractivity (Wildman–Crippen MR) is 78.4 cm³/mol. The van der Waals surface area contributed by atoms with Gasteiger partial charge in [0.15, 0.2) is 0 Å². The molecular formula is C16H24N2O. The van der Waals surface area contributed by atoms with Crippen molar-refractivity contribution in [2.45, 2.75) is 44.6 Å². The molecule has 0 saturated heterocycles. The Morgan fingerprint density at radius 1 is 1.32 bits per heavy atom. The maximum absolute atomic E-state index is 12.5. The summed E-state index contributed by atoms with van der Waals surface area (Å²) in [5, 5.41) is 6.39. The minimum Gasteiger partial charge on any atom is -0.347 e. The fraction of sp³-hybridized carbons (Fsp3) is 0.562. The second-order valence-electron chi connectivity index (χ2n) is 5.45. The van der Waals surface area contributed by atoms with E-state index >= 15 is 0 Å². The third-order valence-corrected chi connectivity index (χ3v) is 4.27. The van der Waals surface area contributed by atoms with Crippen molar-refractivity contribution >= 4 is 5.91 Å². The van der Waals surface area contributed by atoms with E-state index in [-0.39, 0.29) is 11.4 Å². The lowest BCUT2D eigenvalue weighted by Gasteiger charge is -2.42. The van der Waals surface area contributed by atoms with E-state index in [1.54, 1.807) is 0 Å². The lowest BCUT2D eigenvalue weighted by Crippen LogP contribution is -2.53. The number of carbonyl (C=O) groups is 1. The number of nitrogens with one attached hydrogen (secondary N) is 2. The van der Waals surface area contributed by atoms with Crippen LogP contribution < -0.4 is 10.6 Å². The van der Waals surface area contributed by atoms with Crippen LogP contribution in [0.1, 0.15) is 48.5 Å². The van der Waals surface area contributed by atoms with Crippen molar-refractivity contribution in [2.75, 3.05) is 13.6 Å². The zero-order valence-electron chi connectivity index (χ0n) is 12.0. The van der Waals surface area contributed by atoms with Crippen LogP contribution in [0.25, 0.3) is 0 Å². The molecule has 1 amide bonds. The predicted octanol–water partition coefficient (Wildman–Crippen LogP) is 2.51. The minimum atomic E-state index is 0.0627. The molecule has 0 atom stereocenters. The topological polar surface area (TPSA) is 41.1 Å². The standard InChI is InChI=1S/C16H24N2O/c1-3-16(10-6-11-16)18-15(19)14-8-5-4-7-13(14)9-12-17-2/h4-5,7-8,17H,3,6,9-12H2,1-2H3,(H,18,19). The Morgan fingerprint density at radius 3 is 2.63 bits per heavy atom. The normalized spacial score (nSPS) is 16.7. The summed E-state index contributed by atoms with van der Waals surface area (Å²) in [5.41, 5.74) is 2.02. The highest BCUT2D eigenvalue weighted by Gasteiger charge is 2.36. The van der Waals surface area contributed by atoms with Crippen molar-refractivity contribution in [1.82, 2.24) is 10.6 Å².